The lowest BCUT2D eigenvalue weighted by Crippen LogP contribution is -2.56. The van der Waals surface area contributed by atoms with E-state index in [9.17, 15) is 14.4 Å². The van der Waals surface area contributed by atoms with E-state index in [0.29, 0.717) is 19.0 Å². The van der Waals surface area contributed by atoms with Gasteiger partial charge in [-0.15, -0.1) is 5.10 Å². The number of unbranched alkanes of at least 4 members (excludes halogenated alkanes) is 1. The number of hydrogen-bond donors (Lipinski definition) is 3. The van der Waals surface area contributed by atoms with Crippen molar-refractivity contribution in [2.24, 2.45) is 0 Å². The molecule has 1 heterocycles. The Hall–Kier alpha value is -3.54. The molecule has 12 nitrogen and oxygen atoms in total. The molecule has 38 heavy (non-hydrogen) atoms. The molecule has 2 aromatic rings. The highest BCUT2D eigenvalue weighted by atomic mass is 16.6. The summed E-state index contributed by atoms with van der Waals surface area (Å²) in [6.07, 6.45) is 1.36. The van der Waals surface area contributed by atoms with Crippen molar-refractivity contribution < 1.29 is 23.9 Å². The number of ether oxygens (including phenoxy) is 2. The predicted octanol–water partition coefficient (Wildman–Crippen LogP) is 2.66. The fraction of sp³-hybridized carbons (Fsp3) is 0.615. The van der Waals surface area contributed by atoms with Crippen LogP contribution in [0.4, 0.5) is 4.79 Å². The molecule has 12 heteroatoms. The van der Waals surface area contributed by atoms with Gasteiger partial charge in [0.1, 0.15) is 17.2 Å². The van der Waals surface area contributed by atoms with Crippen LogP contribution in [0.25, 0.3) is 0 Å². The van der Waals surface area contributed by atoms with Gasteiger partial charge >= 0.3 is 6.09 Å². The monoisotopic (exact) mass is 531 g/mol. The van der Waals surface area contributed by atoms with Crippen molar-refractivity contribution in [3.63, 3.8) is 0 Å². The lowest BCUT2D eigenvalue weighted by atomic mass is 10.0. The van der Waals surface area contributed by atoms with Crippen molar-refractivity contribution in [1.29, 1.82) is 0 Å². The Balaban J connectivity index is 2.13. The van der Waals surface area contributed by atoms with Gasteiger partial charge in [-0.1, -0.05) is 43.7 Å². The van der Waals surface area contributed by atoms with Crippen LogP contribution in [0.15, 0.2) is 30.3 Å². The molecule has 3 amide bonds. The number of carbonyl (C=O) groups is 3. The highest BCUT2D eigenvalue weighted by molar-refractivity contribution is 5.89. The molecule has 0 saturated carbocycles. The van der Waals surface area contributed by atoms with Crippen LogP contribution in [0.5, 0.6) is 0 Å². The molecule has 0 saturated heterocycles. The molecule has 1 atom stereocenters. The number of alkyl carbamates (subject to hydrolysis) is 1. The third kappa shape index (κ3) is 10.8. The van der Waals surface area contributed by atoms with Gasteiger partial charge in [0.05, 0.1) is 19.8 Å². The average Bonchev–Trinajstić information content (AvgIpc) is 3.30. The number of nitrogens with one attached hydrogen (secondary N) is 3. The van der Waals surface area contributed by atoms with E-state index in [1.165, 1.54) is 4.68 Å². The number of aryl methyl sites for hydroxylation is 1. The van der Waals surface area contributed by atoms with Crippen LogP contribution in [0.3, 0.4) is 0 Å². The van der Waals surface area contributed by atoms with Crippen LogP contribution < -0.4 is 16.0 Å². The number of tetrazole rings is 1. The summed E-state index contributed by atoms with van der Waals surface area (Å²) >= 11 is 0. The summed E-state index contributed by atoms with van der Waals surface area (Å²) in [4.78, 5) is 37.8. The maximum Gasteiger partial charge on any atom is 0.408 e. The molecular formula is C26H41N7O5. The smallest absolute Gasteiger partial charge is 0.408 e. The van der Waals surface area contributed by atoms with Crippen LogP contribution in [0.2, 0.25) is 0 Å². The molecule has 210 valence electrons. The van der Waals surface area contributed by atoms with E-state index >= 15 is 0 Å². The summed E-state index contributed by atoms with van der Waals surface area (Å²) < 4.78 is 12.7. The second-order valence-electron chi connectivity index (χ2n) is 10.5. The molecule has 2 rings (SSSR count). The minimum atomic E-state index is -1.31. The first-order chi connectivity index (χ1) is 17.9. The highest BCUT2D eigenvalue weighted by Crippen LogP contribution is 2.15. The molecular weight excluding hydrogens is 490 g/mol. The minimum absolute atomic E-state index is 0.0617. The summed E-state index contributed by atoms with van der Waals surface area (Å²) in [5, 5.41) is 20.2. The molecule has 0 fully saturated rings. The zero-order valence-corrected chi connectivity index (χ0v) is 23.2. The Bertz CT molecular complexity index is 1030. The molecule has 0 aliphatic carbocycles. The first-order valence-corrected chi connectivity index (χ1v) is 12.9. The van der Waals surface area contributed by atoms with Crippen LogP contribution >= 0.6 is 0 Å². The Kier molecular flexibility index (Phi) is 11.6. The number of aromatic nitrogens is 4. The summed E-state index contributed by atoms with van der Waals surface area (Å²) in [6, 6.07) is 8.86. The van der Waals surface area contributed by atoms with Gasteiger partial charge in [-0.25, -0.2) is 9.48 Å². The molecule has 0 aliphatic heterocycles. The van der Waals surface area contributed by atoms with Gasteiger partial charge in [-0.3, -0.25) is 9.59 Å². The molecule has 0 aliphatic rings. The van der Waals surface area contributed by atoms with E-state index in [1.807, 2.05) is 30.3 Å². The number of carbonyl (C=O) groups excluding carboxylic acids is 3. The predicted molar refractivity (Wildman–Crippen MR) is 141 cm³/mol. The Morgan fingerprint density at radius 2 is 1.79 bits per heavy atom. The van der Waals surface area contributed by atoms with E-state index in [1.54, 1.807) is 34.6 Å². The normalized spacial score (nSPS) is 12.5. The van der Waals surface area contributed by atoms with Crippen molar-refractivity contribution in [3.05, 3.63) is 41.7 Å². The third-order valence-electron chi connectivity index (χ3n) is 5.36. The maximum atomic E-state index is 13.2. The molecule has 1 aromatic carbocycles. The SMILES string of the molecule is CCCCNC(=O)CCn1nnnc1[C@@H](COCc1ccccc1)NC(=O)C(C)(C)NC(=O)OC(C)(C)C. The summed E-state index contributed by atoms with van der Waals surface area (Å²) in [7, 11) is 0. The molecule has 0 unspecified atom stereocenters. The number of rotatable bonds is 14. The molecule has 0 bridgehead atoms. The van der Waals surface area contributed by atoms with Gasteiger partial charge < -0.3 is 25.4 Å². The topological polar surface area (TPSA) is 149 Å². The second kappa shape index (κ2) is 14.4. The van der Waals surface area contributed by atoms with Crippen molar-refractivity contribution in [2.45, 2.75) is 91.1 Å². The minimum Gasteiger partial charge on any atom is -0.444 e. The molecule has 0 radical (unpaired) electrons. The van der Waals surface area contributed by atoms with Gasteiger partial charge in [0.25, 0.3) is 0 Å². The summed E-state index contributed by atoms with van der Waals surface area (Å²) in [6.45, 7) is 11.6. The second-order valence-corrected chi connectivity index (χ2v) is 10.5. The largest absolute Gasteiger partial charge is 0.444 e. The summed E-state index contributed by atoms with van der Waals surface area (Å²) in [5.74, 6) is -0.257. The fourth-order valence-corrected chi connectivity index (χ4v) is 3.32. The van der Waals surface area contributed by atoms with Gasteiger partial charge in [-0.05, 0) is 57.0 Å². The lowest BCUT2D eigenvalue weighted by Gasteiger charge is -2.29. The molecule has 3 N–H and O–H groups in total. The first-order valence-electron chi connectivity index (χ1n) is 12.9. The van der Waals surface area contributed by atoms with Crippen molar-refractivity contribution in [2.75, 3.05) is 13.2 Å². The van der Waals surface area contributed by atoms with Crippen molar-refractivity contribution in [1.82, 2.24) is 36.2 Å². The number of benzene rings is 1. The number of nitrogens with zero attached hydrogens (tertiary/aromatic N) is 4. The van der Waals surface area contributed by atoms with Crippen molar-refractivity contribution in [3.8, 4) is 0 Å². The third-order valence-corrected chi connectivity index (χ3v) is 5.36. The van der Waals surface area contributed by atoms with Crippen LogP contribution in [0, 0.1) is 0 Å². The maximum absolute atomic E-state index is 13.2. The van der Waals surface area contributed by atoms with Crippen LogP contribution in [-0.2, 0) is 32.2 Å². The van der Waals surface area contributed by atoms with E-state index in [-0.39, 0.29) is 25.5 Å². The number of hydrogen-bond acceptors (Lipinski definition) is 8. The van der Waals surface area contributed by atoms with Gasteiger partial charge in [-0.2, -0.15) is 0 Å². The molecule has 1 aromatic heterocycles. The van der Waals surface area contributed by atoms with Gasteiger partial charge in [0.2, 0.25) is 11.8 Å². The average molecular weight is 532 g/mol. The summed E-state index contributed by atoms with van der Waals surface area (Å²) in [5.41, 5.74) is -1.06. The van der Waals surface area contributed by atoms with E-state index in [0.717, 1.165) is 18.4 Å². The van der Waals surface area contributed by atoms with Crippen molar-refractivity contribution >= 4 is 17.9 Å². The lowest BCUT2D eigenvalue weighted by molar-refractivity contribution is -0.128. The molecule has 0 spiro atoms. The van der Waals surface area contributed by atoms with E-state index in [2.05, 4.69) is 38.4 Å². The highest BCUT2D eigenvalue weighted by Gasteiger charge is 2.34. The first kappa shape index (κ1) is 30.7. The van der Waals surface area contributed by atoms with Gasteiger partial charge in [0, 0.05) is 13.0 Å². The number of amides is 3. The Labute approximate surface area is 224 Å². The fourth-order valence-electron chi connectivity index (χ4n) is 3.32. The Morgan fingerprint density at radius 3 is 2.45 bits per heavy atom. The van der Waals surface area contributed by atoms with Crippen LogP contribution in [0.1, 0.15) is 78.2 Å². The Morgan fingerprint density at radius 1 is 1.08 bits per heavy atom. The van der Waals surface area contributed by atoms with E-state index < -0.39 is 29.2 Å². The standard InChI is InChI=1S/C26H41N7O5/c1-7-8-15-27-21(34)14-16-33-22(30-31-32-33)20(18-37-17-19-12-10-9-11-13-19)28-23(35)26(5,6)29-24(36)38-25(2,3)4/h9-13,20H,7-8,14-18H2,1-6H3,(H,27,34)(H,28,35)(H,29,36)/t20-/m1/s1. The van der Waals surface area contributed by atoms with Crippen LogP contribution in [-0.4, -0.2) is 62.4 Å². The van der Waals surface area contributed by atoms with Gasteiger partial charge in [0.15, 0.2) is 5.82 Å². The zero-order chi connectivity index (χ0) is 28.2. The quantitative estimate of drug-likeness (QED) is 0.315. The zero-order valence-electron chi connectivity index (χ0n) is 23.2. The van der Waals surface area contributed by atoms with E-state index in [4.69, 9.17) is 9.47 Å².